The van der Waals surface area contributed by atoms with Crippen LogP contribution >= 0.6 is 11.6 Å². The summed E-state index contributed by atoms with van der Waals surface area (Å²) in [7, 11) is 0. The molecule has 0 atom stereocenters. The first-order valence-corrected chi connectivity index (χ1v) is 8.25. The number of halogens is 4. The lowest BCUT2D eigenvalue weighted by atomic mass is 10.1. The fourth-order valence-corrected chi connectivity index (χ4v) is 3.09. The molecule has 1 aromatic heterocycles. The number of nitrogens with one attached hydrogen (secondary N) is 1. The zero-order chi connectivity index (χ0) is 18.0. The molecule has 1 amide bonds. The van der Waals surface area contributed by atoms with Crippen molar-refractivity contribution in [2.75, 3.05) is 13.1 Å². The molecule has 0 saturated carbocycles. The molecule has 0 spiro atoms. The van der Waals surface area contributed by atoms with Gasteiger partial charge in [-0.3, -0.25) is 4.79 Å². The molecular weight excluding hydrogens is 357 g/mol. The highest BCUT2D eigenvalue weighted by atomic mass is 35.5. The van der Waals surface area contributed by atoms with Gasteiger partial charge >= 0.3 is 6.36 Å². The number of ether oxygens (including phenoxy) is 1. The van der Waals surface area contributed by atoms with Crippen LogP contribution in [-0.4, -0.2) is 35.2 Å². The largest absolute Gasteiger partial charge is 0.573 e. The van der Waals surface area contributed by atoms with Gasteiger partial charge in [0.05, 0.1) is 0 Å². The van der Waals surface area contributed by atoms with E-state index in [4.69, 9.17) is 11.6 Å². The van der Waals surface area contributed by atoms with Gasteiger partial charge in [0, 0.05) is 35.4 Å². The Hall–Kier alpha value is -2.15. The summed E-state index contributed by atoms with van der Waals surface area (Å²) < 4.78 is 41.1. The summed E-state index contributed by atoms with van der Waals surface area (Å²) in [5.74, 6) is -0.484. The monoisotopic (exact) mass is 372 g/mol. The van der Waals surface area contributed by atoms with Gasteiger partial charge in [0.2, 0.25) is 0 Å². The average Bonchev–Trinajstić information content (AvgIpc) is 3.05. The Morgan fingerprint density at radius 1 is 1.16 bits per heavy atom. The first-order chi connectivity index (χ1) is 11.8. The van der Waals surface area contributed by atoms with Crippen molar-refractivity contribution in [2.45, 2.75) is 25.6 Å². The van der Waals surface area contributed by atoms with Crippen molar-refractivity contribution in [3.63, 3.8) is 0 Å². The molecule has 25 heavy (non-hydrogen) atoms. The van der Waals surface area contributed by atoms with Gasteiger partial charge in [-0.25, -0.2) is 0 Å². The molecule has 2 heterocycles. The van der Waals surface area contributed by atoms with Crippen molar-refractivity contribution in [2.24, 2.45) is 0 Å². The van der Waals surface area contributed by atoms with E-state index in [0.29, 0.717) is 29.9 Å². The molecule has 0 aliphatic carbocycles. The molecule has 1 aliphatic rings. The first kappa shape index (κ1) is 17.7. The standard InChI is InChI=1S/C17H16ClF3N2O2/c18-14-5-4-12(25-17(19,20)21)9-13(14)11-8-15(22-10-11)16(24)23-6-2-1-3-7-23/h4-5,8-10,22H,1-3,6-7H2. The molecule has 1 saturated heterocycles. The molecule has 1 N–H and O–H groups in total. The van der Waals surface area contributed by atoms with Crippen LogP contribution in [-0.2, 0) is 0 Å². The van der Waals surface area contributed by atoms with Gasteiger partial charge in [0.15, 0.2) is 0 Å². The third-order valence-corrected chi connectivity index (χ3v) is 4.37. The minimum atomic E-state index is -4.78. The Morgan fingerprint density at radius 2 is 1.88 bits per heavy atom. The number of benzene rings is 1. The second kappa shape index (κ2) is 7.00. The van der Waals surface area contributed by atoms with Crippen molar-refractivity contribution >= 4 is 17.5 Å². The number of hydrogen-bond acceptors (Lipinski definition) is 2. The lowest BCUT2D eigenvalue weighted by molar-refractivity contribution is -0.274. The summed E-state index contributed by atoms with van der Waals surface area (Å²) in [4.78, 5) is 17.1. The van der Waals surface area contributed by atoms with E-state index in [1.54, 1.807) is 17.2 Å². The smallest absolute Gasteiger partial charge is 0.406 e. The molecule has 3 rings (SSSR count). The van der Waals surface area contributed by atoms with Crippen molar-refractivity contribution in [1.29, 1.82) is 0 Å². The van der Waals surface area contributed by atoms with Gasteiger partial charge in [-0.15, -0.1) is 13.2 Å². The topological polar surface area (TPSA) is 45.3 Å². The van der Waals surface area contributed by atoms with Gasteiger partial charge in [0.25, 0.3) is 5.91 Å². The predicted octanol–water partition coefficient (Wildman–Crippen LogP) is 4.86. The Morgan fingerprint density at radius 3 is 2.56 bits per heavy atom. The normalized spacial score (nSPS) is 15.3. The number of aromatic nitrogens is 1. The number of piperidine rings is 1. The molecule has 1 aliphatic heterocycles. The molecule has 1 fully saturated rings. The highest BCUT2D eigenvalue weighted by Crippen LogP contribution is 2.34. The van der Waals surface area contributed by atoms with Crippen LogP contribution in [0.1, 0.15) is 29.8 Å². The van der Waals surface area contributed by atoms with Crippen LogP contribution in [0.3, 0.4) is 0 Å². The van der Waals surface area contributed by atoms with Gasteiger partial charge in [-0.05, 0) is 43.5 Å². The third-order valence-electron chi connectivity index (χ3n) is 4.04. The minimum absolute atomic E-state index is 0.121. The van der Waals surface area contributed by atoms with Gasteiger partial charge in [-0.2, -0.15) is 0 Å². The number of rotatable bonds is 3. The maximum atomic E-state index is 12.5. The molecule has 0 radical (unpaired) electrons. The fourth-order valence-electron chi connectivity index (χ4n) is 2.86. The number of hydrogen-bond donors (Lipinski definition) is 1. The molecule has 2 aromatic rings. The van der Waals surface area contributed by atoms with Crippen LogP contribution in [0, 0.1) is 0 Å². The van der Waals surface area contributed by atoms with Crippen LogP contribution in [0.2, 0.25) is 5.02 Å². The van der Waals surface area contributed by atoms with Crippen molar-refractivity contribution in [3.05, 3.63) is 41.2 Å². The maximum Gasteiger partial charge on any atom is 0.573 e. The van der Waals surface area contributed by atoms with Gasteiger partial charge in [0.1, 0.15) is 11.4 Å². The van der Waals surface area contributed by atoms with Crippen molar-refractivity contribution < 1.29 is 22.7 Å². The van der Waals surface area contributed by atoms with Crippen molar-refractivity contribution in [3.8, 4) is 16.9 Å². The average molecular weight is 373 g/mol. The van der Waals surface area contributed by atoms with Crippen LogP contribution in [0.5, 0.6) is 5.75 Å². The second-order valence-corrected chi connectivity index (χ2v) is 6.25. The summed E-state index contributed by atoms with van der Waals surface area (Å²) in [6, 6.07) is 5.27. The summed E-state index contributed by atoms with van der Waals surface area (Å²) >= 11 is 6.09. The number of carbonyl (C=O) groups excluding carboxylic acids is 1. The number of H-pyrrole nitrogens is 1. The fraction of sp³-hybridized carbons (Fsp3) is 0.353. The molecule has 4 nitrogen and oxygen atoms in total. The lowest BCUT2D eigenvalue weighted by Gasteiger charge is -2.26. The van der Waals surface area contributed by atoms with E-state index in [2.05, 4.69) is 9.72 Å². The van der Waals surface area contributed by atoms with Crippen LogP contribution in [0.25, 0.3) is 11.1 Å². The number of aromatic amines is 1. The molecule has 0 unspecified atom stereocenters. The first-order valence-electron chi connectivity index (χ1n) is 7.87. The molecule has 1 aromatic carbocycles. The van der Waals surface area contributed by atoms with E-state index >= 15 is 0 Å². The Balaban J connectivity index is 1.84. The summed E-state index contributed by atoms with van der Waals surface area (Å²) in [5, 5.41) is 0.269. The number of likely N-dealkylation sites (tertiary alicyclic amines) is 1. The predicted molar refractivity (Wildman–Crippen MR) is 87.7 cm³/mol. The van der Waals surface area contributed by atoms with Crippen molar-refractivity contribution in [1.82, 2.24) is 9.88 Å². The summed E-state index contributed by atoms with van der Waals surface area (Å²) in [6.07, 6.45) is -0.167. The highest BCUT2D eigenvalue weighted by molar-refractivity contribution is 6.33. The van der Waals surface area contributed by atoms with E-state index in [0.717, 1.165) is 25.3 Å². The van der Waals surface area contributed by atoms with Crippen LogP contribution < -0.4 is 4.74 Å². The quantitative estimate of drug-likeness (QED) is 0.836. The zero-order valence-electron chi connectivity index (χ0n) is 13.2. The minimum Gasteiger partial charge on any atom is -0.406 e. The maximum absolute atomic E-state index is 12.5. The number of alkyl halides is 3. The molecule has 134 valence electrons. The molecular formula is C17H16ClF3N2O2. The van der Waals surface area contributed by atoms with E-state index in [9.17, 15) is 18.0 Å². The lowest BCUT2D eigenvalue weighted by Crippen LogP contribution is -2.35. The van der Waals surface area contributed by atoms with Crippen LogP contribution in [0.15, 0.2) is 30.5 Å². The van der Waals surface area contributed by atoms with E-state index in [1.807, 2.05) is 0 Å². The number of amides is 1. The molecule has 8 heteroatoms. The number of carbonyl (C=O) groups is 1. The van der Waals surface area contributed by atoms with E-state index < -0.39 is 6.36 Å². The van der Waals surface area contributed by atoms with E-state index in [1.165, 1.54) is 12.1 Å². The van der Waals surface area contributed by atoms with Gasteiger partial charge in [-0.1, -0.05) is 11.6 Å². The Kier molecular flexibility index (Phi) is 4.94. The highest BCUT2D eigenvalue weighted by Gasteiger charge is 2.31. The van der Waals surface area contributed by atoms with Crippen LogP contribution in [0.4, 0.5) is 13.2 Å². The SMILES string of the molecule is O=C(c1cc(-c2cc(OC(F)(F)F)ccc2Cl)c[nH]1)N1CCCCC1. The van der Waals surface area contributed by atoms with E-state index in [-0.39, 0.29) is 16.7 Å². The summed E-state index contributed by atoms with van der Waals surface area (Å²) in [5.41, 5.74) is 1.27. The van der Waals surface area contributed by atoms with Gasteiger partial charge < -0.3 is 14.6 Å². The Labute approximate surface area is 147 Å². The molecule has 0 bridgehead atoms. The second-order valence-electron chi connectivity index (χ2n) is 5.84. The number of nitrogens with zero attached hydrogens (tertiary/aromatic N) is 1. The third kappa shape index (κ3) is 4.28. The zero-order valence-corrected chi connectivity index (χ0v) is 14.0. The Bertz CT molecular complexity index is 767. The summed E-state index contributed by atoms with van der Waals surface area (Å²) in [6.45, 7) is 1.42.